The summed E-state index contributed by atoms with van der Waals surface area (Å²) in [7, 11) is 1.64. The van der Waals surface area contributed by atoms with E-state index >= 15 is 0 Å². The van der Waals surface area contributed by atoms with E-state index in [1.807, 2.05) is 43.3 Å². The maximum atomic E-state index is 5.38. The molecule has 1 heterocycles. The zero-order valence-corrected chi connectivity index (χ0v) is 9.31. The fraction of sp³-hybridized carbons (Fsp3) is 0.154. The first-order valence-corrected chi connectivity index (χ1v) is 5.02. The molecule has 0 radical (unpaired) electrons. The van der Waals surface area contributed by atoms with Gasteiger partial charge in [0, 0.05) is 0 Å². The summed E-state index contributed by atoms with van der Waals surface area (Å²) in [5.74, 6) is 2.47. The highest BCUT2D eigenvalue weighted by Gasteiger charge is 1.94. The van der Waals surface area contributed by atoms with E-state index in [1.165, 1.54) is 0 Å². The molecule has 2 aromatic rings. The van der Waals surface area contributed by atoms with E-state index in [1.54, 1.807) is 13.3 Å². The van der Waals surface area contributed by atoms with Crippen molar-refractivity contribution in [1.82, 2.24) is 0 Å². The van der Waals surface area contributed by atoms with Crippen LogP contribution in [0.3, 0.4) is 0 Å². The molecule has 1 aromatic carbocycles. The maximum Gasteiger partial charge on any atom is 0.145 e. The fourth-order valence-corrected chi connectivity index (χ4v) is 1.33. The largest absolute Gasteiger partial charge is 0.497 e. The van der Waals surface area contributed by atoms with Crippen molar-refractivity contribution in [3.8, 4) is 5.75 Å². The smallest absolute Gasteiger partial charge is 0.145 e. The molecule has 2 rings (SSSR count). The zero-order chi connectivity index (χ0) is 11.4. The molecule has 1 aromatic heterocycles. The van der Waals surface area contributed by atoms with Crippen LogP contribution in [0.25, 0.3) is 0 Å². The van der Waals surface area contributed by atoms with Crippen molar-refractivity contribution in [3.63, 3.8) is 0 Å². The first-order valence-electron chi connectivity index (χ1n) is 5.02. The Hall–Kier alpha value is -2.03. The number of hydrogen-bond donors (Lipinski definition) is 0. The van der Waals surface area contributed by atoms with E-state index in [0.717, 1.165) is 23.0 Å². The van der Waals surface area contributed by atoms with Crippen LogP contribution in [0, 0.1) is 6.92 Å². The molecule has 0 N–H and O–H groups in total. The number of rotatable bonds is 3. The first-order chi connectivity index (χ1) is 7.78. The van der Waals surface area contributed by atoms with Gasteiger partial charge in [0.15, 0.2) is 0 Å². The van der Waals surface area contributed by atoms with Crippen LogP contribution in [-0.4, -0.2) is 13.3 Å². The Bertz CT molecular complexity index is 483. The number of aliphatic imine (C=N–C) groups is 1. The molecule has 0 saturated heterocycles. The minimum Gasteiger partial charge on any atom is -0.497 e. The average molecular weight is 215 g/mol. The minimum absolute atomic E-state index is 0.758. The predicted molar refractivity (Wildman–Crippen MR) is 63.7 cm³/mol. The molecule has 0 aliphatic heterocycles. The third kappa shape index (κ3) is 2.51. The van der Waals surface area contributed by atoms with Crippen LogP contribution in [0.5, 0.6) is 5.75 Å². The SMILES string of the molecule is COc1ccc(/N=C/c2ccc(C)o2)cc1. The van der Waals surface area contributed by atoms with Crippen LogP contribution < -0.4 is 4.74 Å². The topological polar surface area (TPSA) is 34.7 Å². The van der Waals surface area contributed by atoms with Crippen LogP contribution in [0.4, 0.5) is 5.69 Å². The Morgan fingerprint density at radius 1 is 1.12 bits per heavy atom. The quantitative estimate of drug-likeness (QED) is 0.736. The molecule has 0 aliphatic carbocycles. The summed E-state index contributed by atoms with van der Waals surface area (Å²) in [5.41, 5.74) is 0.870. The molecular weight excluding hydrogens is 202 g/mol. The summed E-state index contributed by atoms with van der Waals surface area (Å²) >= 11 is 0. The number of ether oxygens (including phenoxy) is 1. The molecule has 0 fully saturated rings. The van der Waals surface area contributed by atoms with E-state index in [4.69, 9.17) is 9.15 Å². The van der Waals surface area contributed by atoms with Crippen molar-refractivity contribution < 1.29 is 9.15 Å². The number of methoxy groups -OCH3 is 1. The van der Waals surface area contributed by atoms with E-state index < -0.39 is 0 Å². The molecule has 0 amide bonds. The van der Waals surface area contributed by atoms with Gasteiger partial charge in [0.1, 0.15) is 17.3 Å². The molecule has 3 heteroatoms. The Balaban J connectivity index is 2.11. The first kappa shape index (κ1) is 10.5. The highest BCUT2D eigenvalue weighted by atomic mass is 16.5. The van der Waals surface area contributed by atoms with Gasteiger partial charge >= 0.3 is 0 Å². The second-order valence-corrected chi connectivity index (χ2v) is 3.40. The van der Waals surface area contributed by atoms with Gasteiger partial charge in [0.05, 0.1) is 19.0 Å². The van der Waals surface area contributed by atoms with Gasteiger partial charge in [-0.05, 0) is 43.3 Å². The van der Waals surface area contributed by atoms with Gasteiger partial charge in [-0.15, -0.1) is 0 Å². The molecular formula is C13H13NO2. The summed E-state index contributed by atoms with van der Waals surface area (Å²) in [6, 6.07) is 11.3. The fourth-order valence-electron chi connectivity index (χ4n) is 1.33. The van der Waals surface area contributed by atoms with Crippen LogP contribution >= 0.6 is 0 Å². The molecule has 3 nitrogen and oxygen atoms in total. The Labute approximate surface area is 94.4 Å². The number of aryl methyl sites for hydroxylation is 1. The Morgan fingerprint density at radius 3 is 2.44 bits per heavy atom. The van der Waals surface area contributed by atoms with Crippen LogP contribution in [0.1, 0.15) is 11.5 Å². The lowest BCUT2D eigenvalue weighted by atomic mass is 10.3. The number of furan rings is 1. The summed E-state index contributed by atoms with van der Waals surface area (Å²) < 4.78 is 10.4. The van der Waals surface area contributed by atoms with E-state index in [2.05, 4.69) is 4.99 Å². The molecule has 0 atom stereocenters. The lowest BCUT2D eigenvalue weighted by molar-refractivity contribution is 0.415. The van der Waals surface area contributed by atoms with Gasteiger partial charge in [-0.3, -0.25) is 4.99 Å². The van der Waals surface area contributed by atoms with Crippen molar-refractivity contribution in [2.45, 2.75) is 6.92 Å². The lowest BCUT2D eigenvalue weighted by Gasteiger charge is -1.98. The van der Waals surface area contributed by atoms with Crippen molar-refractivity contribution in [2.24, 2.45) is 4.99 Å². The maximum absolute atomic E-state index is 5.38. The van der Waals surface area contributed by atoms with Crippen molar-refractivity contribution >= 4 is 11.9 Å². The van der Waals surface area contributed by atoms with Crippen LogP contribution in [-0.2, 0) is 0 Å². The van der Waals surface area contributed by atoms with Crippen LogP contribution in [0.2, 0.25) is 0 Å². The highest BCUT2D eigenvalue weighted by molar-refractivity contribution is 5.78. The standard InChI is InChI=1S/C13H13NO2/c1-10-3-6-13(16-10)9-14-11-4-7-12(15-2)8-5-11/h3-9H,1-2H3/b14-9+. The normalized spacial score (nSPS) is 10.9. The second-order valence-electron chi connectivity index (χ2n) is 3.40. The second kappa shape index (κ2) is 4.66. The van der Waals surface area contributed by atoms with Gasteiger partial charge < -0.3 is 9.15 Å². The van der Waals surface area contributed by atoms with E-state index in [-0.39, 0.29) is 0 Å². The van der Waals surface area contributed by atoms with E-state index in [9.17, 15) is 0 Å². The number of nitrogens with zero attached hydrogens (tertiary/aromatic N) is 1. The summed E-state index contributed by atoms with van der Waals surface area (Å²) in [5, 5.41) is 0. The van der Waals surface area contributed by atoms with Crippen LogP contribution in [0.15, 0.2) is 45.8 Å². The third-order valence-corrected chi connectivity index (χ3v) is 2.17. The minimum atomic E-state index is 0.758. The van der Waals surface area contributed by atoms with Gasteiger partial charge in [-0.1, -0.05) is 0 Å². The number of benzene rings is 1. The molecule has 0 saturated carbocycles. The Kier molecular flexibility index (Phi) is 3.05. The summed E-state index contributed by atoms with van der Waals surface area (Å²) in [6.45, 7) is 1.91. The van der Waals surface area contributed by atoms with Crippen molar-refractivity contribution in [1.29, 1.82) is 0 Å². The number of hydrogen-bond acceptors (Lipinski definition) is 3. The molecule has 16 heavy (non-hydrogen) atoms. The van der Waals surface area contributed by atoms with Crippen molar-refractivity contribution in [3.05, 3.63) is 47.9 Å². The third-order valence-electron chi connectivity index (χ3n) is 2.17. The van der Waals surface area contributed by atoms with Gasteiger partial charge in [-0.2, -0.15) is 0 Å². The predicted octanol–water partition coefficient (Wildman–Crippen LogP) is 3.35. The van der Waals surface area contributed by atoms with Gasteiger partial charge in [0.2, 0.25) is 0 Å². The van der Waals surface area contributed by atoms with Crippen molar-refractivity contribution in [2.75, 3.05) is 7.11 Å². The highest BCUT2D eigenvalue weighted by Crippen LogP contribution is 2.17. The molecule has 0 aliphatic rings. The zero-order valence-electron chi connectivity index (χ0n) is 9.31. The summed E-state index contributed by atoms with van der Waals surface area (Å²) in [4.78, 5) is 4.29. The van der Waals surface area contributed by atoms with E-state index in [0.29, 0.717) is 0 Å². The van der Waals surface area contributed by atoms with Gasteiger partial charge in [-0.25, -0.2) is 0 Å². The summed E-state index contributed by atoms with van der Waals surface area (Å²) in [6.07, 6.45) is 1.70. The van der Waals surface area contributed by atoms with Gasteiger partial charge in [0.25, 0.3) is 0 Å². The monoisotopic (exact) mass is 215 g/mol. The lowest BCUT2D eigenvalue weighted by Crippen LogP contribution is -1.80. The molecule has 0 spiro atoms. The Morgan fingerprint density at radius 2 is 1.88 bits per heavy atom. The molecule has 0 bridgehead atoms. The molecule has 82 valence electrons. The average Bonchev–Trinajstić information content (AvgIpc) is 2.73. The molecule has 0 unspecified atom stereocenters.